The minimum Gasteiger partial charge on any atom is -0.409 e. The molecule has 0 aliphatic carbocycles. The molecule has 1 aliphatic rings. The number of hydrogen-bond acceptors (Lipinski definition) is 5. The van der Waals surface area contributed by atoms with Gasteiger partial charge in [0.2, 0.25) is 0 Å². The van der Waals surface area contributed by atoms with Gasteiger partial charge >= 0.3 is 0 Å². The standard InChI is InChI=1S/C13H21N5O/c1-17-6-8-18(9-7-17)15-10-11-4-2-3-5-12(11)13(14)16-19/h2-5,15,19H,6-10H2,1H3,(H2,14,16). The molecule has 6 nitrogen and oxygen atoms in total. The fourth-order valence-corrected chi connectivity index (χ4v) is 2.14. The van der Waals surface area contributed by atoms with E-state index in [1.165, 1.54) is 0 Å². The fourth-order valence-electron chi connectivity index (χ4n) is 2.14. The Hall–Kier alpha value is -1.63. The second kappa shape index (κ2) is 6.51. The van der Waals surface area contributed by atoms with Crippen molar-refractivity contribution >= 4 is 5.84 Å². The van der Waals surface area contributed by atoms with Crippen molar-refractivity contribution in [1.82, 2.24) is 15.3 Å². The number of likely N-dealkylation sites (N-methyl/N-ethyl adjacent to an activating group) is 1. The number of benzene rings is 1. The first-order valence-electron chi connectivity index (χ1n) is 6.43. The smallest absolute Gasteiger partial charge is 0.170 e. The van der Waals surface area contributed by atoms with E-state index in [0.717, 1.165) is 37.3 Å². The van der Waals surface area contributed by atoms with Gasteiger partial charge in [-0.05, 0) is 12.6 Å². The Morgan fingerprint density at radius 2 is 2.00 bits per heavy atom. The van der Waals surface area contributed by atoms with Gasteiger partial charge in [0.25, 0.3) is 0 Å². The molecule has 0 unspecified atom stereocenters. The van der Waals surface area contributed by atoms with Crippen LogP contribution in [-0.4, -0.2) is 54.2 Å². The number of oxime groups is 1. The molecule has 1 aromatic rings. The highest BCUT2D eigenvalue weighted by atomic mass is 16.4. The summed E-state index contributed by atoms with van der Waals surface area (Å²) < 4.78 is 0. The molecule has 6 heteroatoms. The monoisotopic (exact) mass is 263 g/mol. The lowest BCUT2D eigenvalue weighted by molar-refractivity contribution is 0.102. The van der Waals surface area contributed by atoms with Gasteiger partial charge in [-0.1, -0.05) is 29.4 Å². The van der Waals surface area contributed by atoms with E-state index in [0.29, 0.717) is 6.54 Å². The lowest BCUT2D eigenvalue weighted by Crippen LogP contribution is -2.50. The van der Waals surface area contributed by atoms with Crippen molar-refractivity contribution in [1.29, 1.82) is 0 Å². The SMILES string of the molecule is CN1CCN(NCc2ccccc2/C(N)=N/O)CC1. The van der Waals surface area contributed by atoms with Gasteiger partial charge in [-0.15, -0.1) is 0 Å². The number of piperazine rings is 1. The van der Waals surface area contributed by atoms with Crippen LogP contribution in [0.25, 0.3) is 0 Å². The number of nitrogens with one attached hydrogen (secondary N) is 1. The second-order valence-corrected chi connectivity index (χ2v) is 4.77. The van der Waals surface area contributed by atoms with Crippen LogP contribution in [0.3, 0.4) is 0 Å². The fraction of sp³-hybridized carbons (Fsp3) is 0.462. The molecule has 1 aliphatic heterocycles. The van der Waals surface area contributed by atoms with Crippen LogP contribution in [0.15, 0.2) is 29.4 Å². The number of hydrazine groups is 1. The van der Waals surface area contributed by atoms with Crippen LogP contribution >= 0.6 is 0 Å². The molecule has 0 spiro atoms. The first kappa shape index (κ1) is 13.8. The number of rotatable bonds is 4. The number of hydrogen-bond donors (Lipinski definition) is 3. The summed E-state index contributed by atoms with van der Waals surface area (Å²) in [5.74, 6) is 0.149. The van der Waals surface area contributed by atoms with Gasteiger partial charge in [-0.2, -0.15) is 0 Å². The molecule has 0 aromatic heterocycles. The number of amidine groups is 1. The lowest BCUT2D eigenvalue weighted by atomic mass is 10.1. The summed E-state index contributed by atoms with van der Waals surface area (Å²) in [6.07, 6.45) is 0. The lowest BCUT2D eigenvalue weighted by Gasteiger charge is -2.32. The second-order valence-electron chi connectivity index (χ2n) is 4.77. The minimum absolute atomic E-state index is 0.149. The van der Waals surface area contributed by atoms with Gasteiger partial charge in [-0.3, -0.25) is 5.43 Å². The van der Waals surface area contributed by atoms with E-state index in [9.17, 15) is 0 Å². The Balaban J connectivity index is 1.96. The van der Waals surface area contributed by atoms with E-state index in [1.807, 2.05) is 24.3 Å². The van der Waals surface area contributed by atoms with Crippen molar-refractivity contribution in [3.05, 3.63) is 35.4 Å². The van der Waals surface area contributed by atoms with Gasteiger partial charge < -0.3 is 15.8 Å². The number of nitrogens with two attached hydrogens (primary N) is 1. The maximum absolute atomic E-state index is 8.79. The van der Waals surface area contributed by atoms with Crippen molar-refractivity contribution in [3.63, 3.8) is 0 Å². The Bertz CT molecular complexity index is 440. The molecule has 1 heterocycles. The highest BCUT2D eigenvalue weighted by molar-refractivity contribution is 5.98. The van der Waals surface area contributed by atoms with Gasteiger partial charge in [-0.25, -0.2) is 5.01 Å². The van der Waals surface area contributed by atoms with Crippen LogP contribution < -0.4 is 11.2 Å². The molecule has 19 heavy (non-hydrogen) atoms. The zero-order valence-electron chi connectivity index (χ0n) is 11.2. The maximum Gasteiger partial charge on any atom is 0.170 e. The summed E-state index contributed by atoms with van der Waals surface area (Å²) in [5.41, 5.74) is 10.9. The highest BCUT2D eigenvalue weighted by Gasteiger charge is 2.14. The van der Waals surface area contributed by atoms with E-state index in [4.69, 9.17) is 10.9 Å². The van der Waals surface area contributed by atoms with E-state index >= 15 is 0 Å². The third kappa shape index (κ3) is 3.66. The molecule has 104 valence electrons. The van der Waals surface area contributed by atoms with Gasteiger partial charge in [0.15, 0.2) is 5.84 Å². The van der Waals surface area contributed by atoms with E-state index in [1.54, 1.807) is 0 Å². The topological polar surface area (TPSA) is 77.1 Å². The van der Waals surface area contributed by atoms with Crippen LogP contribution in [0.5, 0.6) is 0 Å². The molecule has 1 saturated heterocycles. The van der Waals surface area contributed by atoms with E-state index in [-0.39, 0.29) is 5.84 Å². The normalized spacial score (nSPS) is 18.7. The molecular formula is C13H21N5O. The molecule has 0 atom stereocenters. The van der Waals surface area contributed by atoms with Crippen molar-refractivity contribution in [2.75, 3.05) is 33.2 Å². The maximum atomic E-state index is 8.79. The van der Waals surface area contributed by atoms with Crippen LogP contribution in [0.1, 0.15) is 11.1 Å². The van der Waals surface area contributed by atoms with Gasteiger partial charge in [0.1, 0.15) is 0 Å². The molecule has 0 amide bonds. The average molecular weight is 263 g/mol. The first-order chi connectivity index (χ1) is 9.20. The van der Waals surface area contributed by atoms with Crippen LogP contribution in [-0.2, 0) is 6.54 Å². The van der Waals surface area contributed by atoms with Gasteiger partial charge in [0.05, 0.1) is 0 Å². The van der Waals surface area contributed by atoms with Crippen molar-refractivity contribution < 1.29 is 5.21 Å². The van der Waals surface area contributed by atoms with E-state index in [2.05, 4.69) is 27.5 Å². The average Bonchev–Trinajstić information content (AvgIpc) is 2.46. The molecular weight excluding hydrogens is 242 g/mol. The van der Waals surface area contributed by atoms with E-state index < -0.39 is 0 Å². The molecule has 0 saturated carbocycles. The predicted octanol–water partition coefficient (Wildman–Crippen LogP) is 0.0331. The Labute approximate surface area is 113 Å². The molecule has 1 aromatic carbocycles. The summed E-state index contributed by atoms with van der Waals surface area (Å²) in [6, 6.07) is 7.67. The zero-order valence-corrected chi connectivity index (χ0v) is 11.2. The van der Waals surface area contributed by atoms with Crippen LogP contribution in [0.2, 0.25) is 0 Å². The third-order valence-corrected chi connectivity index (χ3v) is 3.40. The summed E-state index contributed by atoms with van der Waals surface area (Å²) in [5, 5.41) is 14.1. The summed E-state index contributed by atoms with van der Waals surface area (Å²) in [6.45, 7) is 4.81. The molecule has 2 rings (SSSR count). The number of nitrogens with zero attached hydrogens (tertiary/aromatic N) is 3. The van der Waals surface area contributed by atoms with Crippen LogP contribution in [0, 0.1) is 0 Å². The first-order valence-corrected chi connectivity index (χ1v) is 6.43. The van der Waals surface area contributed by atoms with Crippen LogP contribution in [0.4, 0.5) is 0 Å². The largest absolute Gasteiger partial charge is 0.409 e. The van der Waals surface area contributed by atoms with Gasteiger partial charge in [0, 0.05) is 38.3 Å². The Morgan fingerprint density at radius 1 is 1.32 bits per heavy atom. The zero-order chi connectivity index (χ0) is 13.7. The van der Waals surface area contributed by atoms with Crippen molar-refractivity contribution in [2.45, 2.75) is 6.54 Å². The quantitative estimate of drug-likeness (QED) is 0.309. The molecule has 0 radical (unpaired) electrons. The minimum atomic E-state index is 0.149. The Kier molecular flexibility index (Phi) is 4.73. The molecule has 1 fully saturated rings. The highest BCUT2D eigenvalue weighted by Crippen LogP contribution is 2.08. The van der Waals surface area contributed by atoms with Crippen molar-refractivity contribution in [2.24, 2.45) is 10.9 Å². The summed E-state index contributed by atoms with van der Waals surface area (Å²) in [7, 11) is 2.13. The molecule has 4 N–H and O–H groups in total. The molecule has 0 bridgehead atoms. The van der Waals surface area contributed by atoms with Crippen molar-refractivity contribution in [3.8, 4) is 0 Å². The predicted molar refractivity (Wildman–Crippen MR) is 74.9 cm³/mol. The summed E-state index contributed by atoms with van der Waals surface area (Å²) >= 11 is 0. The third-order valence-electron chi connectivity index (χ3n) is 3.40. The summed E-state index contributed by atoms with van der Waals surface area (Å²) in [4.78, 5) is 2.31. The Morgan fingerprint density at radius 3 is 2.68 bits per heavy atom.